The van der Waals surface area contributed by atoms with Crippen LogP contribution in [0.25, 0.3) is 11.6 Å². The highest BCUT2D eigenvalue weighted by molar-refractivity contribution is 6.34. The number of allylic oxidation sites excluding steroid dienone is 1. The Kier molecular flexibility index (Phi) is 4.23. The zero-order valence-corrected chi connectivity index (χ0v) is 12.8. The second kappa shape index (κ2) is 6.64. The molecule has 0 fully saturated rings. The minimum absolute atomic E-state index is 0.151. The zero-order chi connectivity index (χ0) is 16.9. The van der Waals surface area contributed by atoms with Gasteiger partial charge in [0.2, 0.25) is 0 Å². The first-order chi connectivity index (χ1) is 11.8. The Morgan fingerprint density at radius 1 is 1.00 bits per heavy atom. The SMILES string of the molecule is N#CC(C#N)=C1C(=O)N(C/C=C/c2ccccc2)c2ccccc21. The Balaban J connectivity index is 1.95. The molecular weight excluding hydrogens is 298 g/mol. The molecule has 114 valence electrons. The number of nitrogens with zero attached hydrogens (tertiary/aromatic N) is 3. The number of hydrogen-bond acceptors (Lipinski definition) is 3. The maximum absolute atomic E-state index is 12.7. The molecule has 0 saturated heterocycles. The van der Waals surface area contributed by atoms with Crippen LogP contribution in [0.3, 0.4) is 0 Å². The van der Waals surface area contributed by atoms with E-state index in [1.165, 1.54) is 0 Å². The molecule has 0 radical (unpaired) electrons. The van der Waals surface area contributed by atoms with E-state index in [9.17, 15) is 4.79 Å². The van der Waals surface area contributed by atoms with Crippen molar-refractivity contribution in [1.82, 2.24) is 0 Å². The molecule has 0 aromatic heterocycles. The van der Waals surface area contributed by atoms with Crippen LogP contribution in [0.2, 0.25) is 0 Å². The molecule has 4 nitrogen and oxygen atoms in total. The molecule has 0 spiro atoms. The predicted molar refractivity (Wildman–Crippen MR) is 92.4 cm³/mol. The number of anilines is 1. The number of rotatable bonds is 3. The molecular formula is C20H13N3O. The molecule has 1 aliphatic heterocycles. The van der Waals surface area contributed by atoms with E-state index < -0.39 is 0 Å². The number of carbonyl (C=O) groups is 1. The molecule has 0 saturated carbocycles. The van der Waals surface area contributed by atoms with Gasteiger partial charge >= 0.3 is 0 Å². The third kappa shape index (κ3) is 2.69. The van der Waals surface area contributed by atoms with Gasteiger partial charge in [-0.3, -0.25) is 4.79 Å². The summed E-state index contributed by atoms with van der Waals surface area (Å²) >= 11 is 0. The summed E-state index contributed by atoms with van der Waals surface area (Å²) in [7, 11) is 0. The van der Waals surface area contributed by atoms with E-state index in [0.29, 0.717) is 12.1 Å². The van der Waals surface area contributed by atoms with Crippen LogP contribution in [0.5, 0.6) is 0 Å². The molecule has 0 bridgehead atoms. The summed E-state index contributed by atoms with van der Waals surface area (Å²) < 4.78 is 0. The number of carbonyl (C=O) groups excluding carboxylic acids is 1. The highest BCUT2D eigenvalue weighted by Gasteiger charge is 2.33. The maximum Gasteiger partial charge on any atom is 0.261 e. The van der Waals surface area contributed by atoms with Gasteiger partial charge in [0.1, 0.15) is 17.7 Å². The predicted octanol–water partition coefficient (Wildman–Crippen LogP) is 3.55. The van der Waals surface area contributed by atoms with Crippen molar-refractivity contribution >= 4 is 23.2 Å². The van der Waals surface area contributed by atoms with Crippen molar-refractivity contribution in [3.8, 4) is 12.1 Å². The molecule has 1 aliphatic rings. The van der Waals surface area contributed by atoms with Crippen molar-refractivity contribution in [2.24, 2.45) is 0 Å². The van der Waals surface area contributed by atoms with Gasteiger partial charge in [0.05, 0.1) is 11.3 Å². The van der Waals surface area contributed by atoms with Gasteiger partial charge < -0.3 is 4.90 Å². The van der Waals surface area contributed by atoms with E-state index >= 15 is 0 Å². The van der Waals surface area contributed by atoms with Gasteiger partial charge in [-0.15, -0.1) is 0 Å². The zero-order valence-electron chi connectivity index (χ0n) is 12.8. The molecule has 0 N–H and O–H groups in total. The molecule has 0 atom stereocenters. The molecule has 0 aliphatic carbocycles. The van der Waals surface area contributed by atoms with E-state index in [1.807, 2.05) is 66.8 Å². The topological polar surface area (TPSA) is 67.9 Å². The number of para-hydroxylation sites is 1. The first kappa shape index (κ1) is 15.3. The fourth-order valence-electron chi connectivity index (χ4n) is 2.70. The summed E-state index contributed by atoms with van der Waals surface area (Å²) in [6.07, 6.45) is 3.83. The van der Waals surface area contributed by atoms with Crippen LogP contribution in [0, 0.1) is 22.7 Å². The van der Waals surface area contributed by atoms with Gasteiger partial charge in [-0.1, -0.05) is 60.7 Å². The minimum Gasteiger partial charge on any atom is -0.304 e. The Morgan fingerprint density at radius 2 is 1.67 bits per heavy atom. The molecule has 24 heavy (non-hydrogen) atoms. The standard InChI is InChI=1S/C20H13N3O/c21-13-16(14-22)19-17-10-4-5-11-18(17)23(20(19)24)12-6-9-15-7-2-1-3-8-15/h1-11H,12H2/b9-6+. The largest absolute Gasteiger partial charge is 0.304 e. The van der Waals surface area contributed by atoms with Gasteiger partial charge in [0.25, 0.3) is 5.91 Å². The number of benzene rings is 2. The molecule has 2 aromatic carbocycles. The third-order valence-electron chi connectivity index (χ3n) is 3.79. The van der Waals surface area contributed by atoms with Gasteiger partial charge in [-0.25, -0.2) is 0 Å². The lowest BCUT2D eigenvalue weighted by atomic mass is 10.0. The summed E-state index contributed by atoms with van der Waals surface area (Å²) in [6.45, 7) is 0.373. The van der Waals surface area contributed by atoms with Crippen molar-refractivity contribution in [2.45, 2.75) is 0 Å². The van der Waals surface area contributed by atoms with Crippen LogP contribution in [0.1, 0.15) is 11.1 Å². The highest BCUT2D eigenvalue weighted by atomic mass is 16.2. The lowest BCUT2D eigenvalue weighted by molar-refractivity contribution is -0.112. The summed E-state index contributed by atoms with van der Waals surface area (Å²) in [4.78, 5) is 14.3. The van der Waals surface area contributed by atoms with Crippen molar-refractivity contribution in [3.05, 3.63) is 77.4 Å². The number of hydrogen-bond donors (Lipinski definition) is 0. The second-order valence-electron chi connectivity index (χ2n) is 5.22. The highest BCUT2D eigenvalue weighted by Crippen LogP contribution is 2.37. The second-order valence-corrected chi connectivity index (χ2v) is 5.22. The first-order valence-corrected chi connectivity index (χ1v) is 7.43. The summed E-state index contributed by atoms with van der Waals surface area (Å²) in [5, 5.41) is 18.3. The fraction of sp³-hybridized carbons (Fsp3) is 0.0500. The molecule has 3 rings (SSSR count). The Morgan fingerprint density at radius 3 is 2.38 bits per heavy atom. The van der Waals surface area contributed by atoms with Crippen LogP contribution < -0.4 is 4.90 Å². The summed E-state index contributed by atoms with van der Waals surface area (Å²) in [5.41, 5.74) is 2.43. The van der Waals surface area contributed by atoms with E-state index in [0.717, 1.165) is 11.3 Å². The van der Waals surface area contributed by atoms with Crippen LogP contribution in [0.15, 0.2) is 66.2 Å². The average Bonchev–Trinajstić information content (AvgIpc) is 2.90. The number of amides is 1. The van der Waals surface area contributed by atoms with E-state index in [1.54, 1.807) is 17.0 Å². The normalized spacial score (nSPS) is 12.8. The van der Waals surface area contributed by atoms with Crippen LogP contribution >= 0.6 is 0 Å². The number of fused-ring (bicyclic) bond motifs is 1. The number of nitriles is 2. The lowest BCUT2D eigenvalue weighted by Gasteiger charge is -2.14. The molecule has 0 unspecified atom stereocenters. The van der Waals surface area contributed by atoms with Gasteiger partial charge in [-0.05, 0) is 11.6 Å². The summed E-state index contributed by atoms with van der Waals surface area (Å²) in [5.74, 6) is -0.313. The maximum atomic E-state index is 12.7. The molecule has 4 heteroatoms. The monoisotopic (exact) mass is 311 g/mol. The summed E-state index contributed by atoms with van der Waals surface area (Å²) in [6, 6.07) is 20.6. The lowest BCUT2D eigenvalue weighted by Crippen LogP contribution is -2.26. The smallest absolute Gasteiger partial charge is 0.261 e. The third-order valence-corrected chi connectivity index (χ3v) is 3.79. The van der Waals surface area contributed by atoms with Gasteiger partial charge in [-0.2, -0.15) is 10.5 Å². The Labute approximate surface area is 140 Å². The van der Waals surface area contributed by atoms with Crippen molar-refractivity contribution in [1.29, 1.82) is 10.5 Å². The van der Waals surface area contributed by atoms with Crippen LogP contribution in [-0.2, 0) is 4.79 Å². The molecule has 2 aromatic rings. The van der Waals surface area contributed by atoms with Crippen LogP contribution in [0.4, 0.5) is 5.69 Å². The first-order valence-electron chi connectivity index (χ1n) is 7.43. The average molecular weight is 311 g/mol. The fourth-order valence-corrected chi connectivity index (χ4v) is 2.70. The van der Waals surface area contributed by atoms with E-state index in [2.05, 4.69) is 0 Å². The molecule has 1 heterocycles. The quantitative estimate of drug-likeness (QED) is 0.643. The molecule has 1 amide bonds. The van der Waals surface area contributed by atoms with Crippen molar-refractivity contribution in [2.75, 3.05) is 11.4 Å². The minimum atomic E-state index is -0.313. The van der Waals surface area contributed by atoms with Crippen LogP contribution in [-0.4, -0.2) is 12.5 Å². The van der Waals surface area contributed by atoms with Gasteiger partial charge in [0, 0.05) is 12.1 Å². The Bertz CT molecular complexity index is 911. The van der Waals surface area contributed by atoms with Crippen molar-refractivity contribution in [3.63, 3.8) is 0 Å². The van der Waals surface area contributed by atoms with E-state index in [-0.39, 0.29) is 17.1 Å². The van der Waals surface area contributed by atoms with Gasteiger partial charge in [0.15, 0.2) is 0 Å². The van der Waals surface area contributed by atoms with E-state index in [4.69, 9.17) is 10.5 Å². The van der Waals surface area contributed by atoms with Crippen molar-refractivity contribution < 1.29 is 4.79 Å². The Hall–Kier alpha value is -3.63.